The van der Waals surface area contributed by atoms with Crippen molar-refractivity contribution in [3.8, 4) is 0 Å². The van der Waals surface area contributed by atoms with Gasteiger partial charge in [0.05, 0.1) is 12.2 Å². The van der Waals surface area contributed by atoms with Crippen molar-refractivity contribution in [3.05, 3.63) is 34.6 Å². The van der Waals surface area contributed by atoms with Crippen molar-refractivity contribution in [1.82, 2.24) is 4.90 Å². The topological polar surface area (TPSA) is 47.7 Å². The predicted octanol–water partition coefficient (Wildman–Crippen LogP) is 1.82. The summed E-state index contributed by atoms with van der Waals surface area (Å²) in [5.74, 6) is -0.347. The molecule has 1 heterocycles. The molecule has 4 nitrogen and oxygen atoms in total. The van der Waals surface area contributed by atoms with E-state index < -0.39 is 0 Å². The standard InChI is InChI=1S/C14H20ClFN2O2/c1-19-13-7-18(8-14(13)20-2)12(6-17)10-4-3-9(16)5-11(10)15/h3-5,12-14H,6-8,17H2,1-2H3. The monoisotopic (exact) mass is 302 g/mol. The lowest BCUT2D eigenvalue weighted by molar-refractivity contribution is -0.00461. The molecule has 1 fully saturated rings. The molecule has 0 bridgehead atoms. The molecule has 2 N–H and O–H groups in total. The molecule has 3 atom stereocenters. The minimum Gasteiger partial charge on any atom is -0.377 e. The zero-order chi connectivity index (χ0) is 14.7. The Morgan fingerprint density at radius 3 is 2.40 bits per heavy atom. The molecule has 6 heteroatoms. The lowest BCUT2D eigenvalue weighted by atomic mass is 10.1. The Balaban J connectivity index is 2.20. The SMILES string of the molecule is COC1CN(C(CN)c2ccc(F)cc2Cl)CC1OC. The van der Waals surface area contributed by atoms with Crippen LogP contribution >= 0.6 is 11.6 Å². The van der Waals surface area contributed by atoms with Gasteiger partial charge in [0.2, 0.25) is 0 Å². The van der Waals surface area contributed by atoms with Crippen LogP contribution in [0.2, 0.25) is 5.02 Å². The van der Waals surface area contributed by atoms with Gasteiger partial charge in [-0.05, 0) is 17.7 Å². The Bertz CT molecular complexity index is 449. The summed E-state index contributed by atoms with van der Waals surface area (Å²) in [4.78, 5) is 2.17. The third-order valence-corrected chi connectivity index (χ3v) is 4.16. The third kappa shape index (κ3) is 3.13. The second kappa shape index (κ2) is 6.83. The van der Waals surface area contributed by atoms with Crippen molar-refractivity contribution in [1.29, 1.82) is 0 Å². The van der Waals surface area contributed by atoms with Crippen LogP contribution in [0.3, 0.4) is 0 Å². The Kier molecular flexibility index (Phi) is 5.35. The molecule has 0 aliphatic carbocycles. The molecule has 1 aliphatic rings. The number of likely N-dealkylation sites (tertiary alicyclic amines) is 1. The highest BCUT2D eigenvalue weighted by molar-refractivity contribution is 6.31. The van der Waals surface area contributed by atoms with Gasteiger partial charge in [-0.25, -0.2) is 4.39 Å². The van der Waals surface area contributed by atoms with Gasteiger partial charge in [0.1, 0.15) is 5.82 Å². The minimum atomic E-state index is -0.347. The van der Waals surface area contributed by atoms with Crippen LogP contribution in [0.25, 0.3) is 0 Å². The maximum absolute atomic E-state index is 13.2. The maximum atomic E-state index is 13.2. The molecule has 0 radical (unpaired) electrons. The number of nitrogens with two attached hydrogens (primary N) is 1. The van der Waals surface area contributed by atoms with Crippen LogP contribution in [0.15, 0.2) is 18.2 Å². The van der Waals surface area contributed by atoms with Gasteiger partial charge in [-0.15, -0.1) is 0 Å². The molecule has 0 amide bonds. The van der Waals surface area contributed by atoms with Crippen LogP contribution in [0.4, 0.5) is 4.39 Å². The molecule has 0 spiro atoms. The first kappa shape index (κ1) is 15.7. The number of ether oxygens (including phenoxy) is 2. The highest BCUT2D eigenvalue weighted by Gasteiger charge is 2.37. The van der Waals surface area contributed by atoms with Crippen LogP contribution < -0.4 is 5.73 Å². The first-order valence-corrected chi connectivity index (χ1v) is 6.93. The summed E-state index contributed by atoms with van der Waals surface area (Å²) in [6.07, 6.45) is 0.0153. The number of rotatable bonds is 5. The van der Waals surface area contributed by atoms with Crippen molar-refractivity contribution < 1.29 is 13.9 Å². The number of nitrogens with zero attached hydrogens (tertiary/aromatic N) is 1. The number of hydrogen-bond donors (Lipinski definition) is 1. The average Bonchev–Trinajstić information content (AvgIpc) is 2.85. The molecule has 20 heavy (non-hydrogen) atoms. The van der Waals surface area contributed by atoms with E-state index in [1.165, 1.54) is 12.1 Å². The van der Waals surface area contributed by atoms with Gasteiger partial charge in [-0.3, -0.25) is 4.90 Å². The summed E-state index contributed by atoms with van der Waals surface area (Å²) in [7, 11) is 3.34. The van der Waals surface area contributed by atoms with Crippen molar-refractivity contribution in [2.45, 2.75) is 18.2 Å². The van der Waals surface area contributed by atoms with E-state index in [-0.39, 0.29) is 24.1 Å². The van der Waals surface area contributed by atoms with Gasteiger partial charge in [-0.2, -0.15) is 0 Å². The second-order valence-electron chi connectivity index (χ2n) is 4.92. The molecular formula is C14H20ClFN2O2. The van der Waals surface area contributed by atoms with Gasteiger partial charge in [0.25, 0.3) is 0 Å². The lowest BCUT2D eigenvalue weighted by Gasteiger charge is -2.27. The van der Waals surface area contributed by atoms with Gasteiger partial charge in [0.15, 0.2) is 0 Å². The molecule has 3 unspecified atom stereocenters. The highest BCUT2D eigenvalue weighted by atomic mass is 35.5. The summed E-state index contributed by atoms with van der Waals surface area (Å²) in [5.41, 5.74) is 6.73. The molecule has 1 saturated heterocycles. The van der Waals surface area contributed by atoms with Gasteiger partial charge < -0.3 is 15.2 Å². The van der Waals surface area contributed by atoms with Crippen LogP contribution in [-0.4, -0.2) is 51.0 Å². The molecule has 2 rings (SSSR count). The molecule has 0 saturated carbocycles. The summed E-state index contributed by atoms with van der Waals surface area (Å²) >= 11 is 6.14. The van der Waals surface area contributed by atoms with E-state index in [1.54, 1.807) is 20.3 Å². The number of halogens is 2. The van der Waals surface area contributed by atoms with E-state index in [4.69, 9.17) is 26.8 Å². The van der Waals surface area contributed by atoms with Crippen molar-refractivity contribution in [3.63, 3.8) is 0 Å². The van der Waals surface area contributed by atoms with E-state index in [1.807, 2.05) is 0 Å². The summed E-state index contributed by atoms with van der Waals surface area (Å²) in [6, 6.07) is 4.34. The summed E-state index contributed by atoms with van der Waals surface area (Å²) in [5, 5.41) is 0.398. The largest absolute Gasteiger partial charge is 0.377 e. The Morgan fingerprint density at radius 2 is 1.95 bits per heavy atom. The maximum Gasteiger partial charge on any atom is 0.124 e. The van der Waals surface area contributed by atoms with Gasteiger partial charge in [-0.1, -0.05) is 17.7 Å². The second-order valence-corrected chi connectivity index (χ2v) is 5.33. The average molecular weight is 303 g/mol. The zero-order valence-corrected chi connectivity index (χ0v) is 12.4. The fourth-order valence-electron chi connectivity index (χ4n) is 2.72. The summed E-state index contributed by atoms with van der Waals surface area (Å²) < 4.78 is 24.0. The minimum absolute atomic E-state index is 0.00766. The number of methoxy groups -OCH3 is 2. The summed E-state index contributed by atoms with van der Waals surface area (Å²) in [6.45, 7) is 1.83. The van der Waals surface area contributed by atoms with E-state index in [9.17, 15) is 4.39 Å². The predicted molar refractivity (Wildman–Crippen MR) is 76.4 cm³/mol. The molecule has 112 valence electrons. The molecule has 1 aromatic rings. The van der Waals surface area contributed by atoms with E-state index in [0.717, 1.165) is 5.56 Å². The smallest absolute Gasteiger partial charge is 0.124 e. The highest BCUT2D eigenvalue weighted by Crippen LogP contribution is 2.31. The van der Waals surface area contributed by atoms with E-state index in [2.05, 4.69) is 4.90 Å². The first-order valence-electron chi connectivity index (χ1n) is 6.55. The van der Waals surface area contributed by atoms with Crippen LogP contribution in [0.1, 0.15) is 11.6 Å². The molecule has 1 aliphatic heterocycles. The Morgan fingerprint density at radius 1 is 1.35 bits per heavy atom. The third-order valence-electron chi connectivity index (χ3n) is 3.83. The fraction of sp³-hybridized carbons (Fsp3) is 0.571. The van der Waals surface area contributed by atoms with Crippen molar-refractivity contribution >= 4 is 11.6 Å². The zero-order valence-electron chi connectivity index (χ0n) is 11.7. The number of hydrogen-bond acceptors (Lipinski definition) is 4. The Hall–Kier alpha value is -0.720. The van der Waals surface area contributed by atoms with Gasteiger partial charge >= 0.3 is 0 Å². The van der Waals surface area contributed by atoms with Crippen LogP contribution in [0, 0.1) is 5.82 Å². The quantitative estimate of drug-likeness (QED) is 0.901. The van der Waals surface area contributed by atoms with Crippen molar-refractivity contribution in [2.75, 3.05) is 33.9 Å². The fourth-order valence-corrected chi connectivity index (χ4v) is 3.02. The lowest BCUT2D eigenvalue weighted by Crippen LogP contribution is -2.33. The number of benzene rings is 1. The van der Waals surface area contributed by atoms with Crippen LogP contribution in [-0.2, 0) is 9.47 Å². The van der Waals surface area contributed by atoms with Crippen molar-refractivity contribution in [2.24, 2.45) is 5.73 Å². The normalized spacial score (nSPS) is 25.1. The van der Waals surface area contributed by atoms with E-state index in [0.29, 0.717) is 24.7 Å². The Labute approximate surface area is 123 Å². The van der Waals surface area contributed by atoms with Gasteiger partial charge in [0, 0.05) is 44.9 Å². The molecule has 0 aromatic heterocycles. The van der Waals surface area contributed by atoms with Crippen LogP contribution in [0.5, 0.6) is 0 Å². The molecule has 1 aromatic carbocycles. The van der Waals surface area contributed by atoms with E-state index >= 15 is 0 Å². The molecular weight excluding hydrogens is 283 g/mol. The first-order chi connectivity index (χ1) is 9.60.